The molecule has 7 heteroatoms. The molecule has 1 aromatic heterocycles. The highest BCUT2D eigenvalue weighted by molar-refractivity contribution is 6.16. The van der Waals surface area contributed by atoms with Crippen LogP contribution in [0.15, 0.2) is 42.3 Å². The molecule has 0 radical (unpaired) electrons. The van der Waals surface area contributed by atoms with Crippen LogP contribution in [0.2, 0.25) is 0 Å². The summed E-state index contributed by atoms with van der Waals surface area (Å²) in [7, 11) is 5.75. The van der Waals surface area contributed by atoms with Gasteiger partial charge in [0.1, 0.15) is 28.6 Å². The molecule has 7 nitrogen and oxygen atoms in total. The van der Waals surface area contributed by atoms with E-state index in [2.05, 4.69) is 23.6 Å². The third-order valence-electron chi connectivity index (χ3n) is 5.40. The van der Waals surface area contributed by atoms with Crippen LogP contribution in [0.4, 0.5) is 0 Å². The van der Waals surface area contributed by atoms with Gasteiger partial charge >= 0.3 is 0 Å². The number of aromatic nitrogens is 1. The number of ketones is 1. The minimum atomic E-state index is -0.415. The predicted octanol–water partition coefficient (Wildman–Crippen LogP) is 4.02. The lowest BCUT2D eigenvalue weighted by atomic mass is 10.1. The van der Waals surface area contributed by atoms with E-state index in [9.17, 15) is 15.0 Å². The average Bonchev–Trinajstić information content (AvgIpc) is 3.22. The van der Waals surface area contributed by atoms with Crippen molar-refractivity contribution in [3.8, 4) is 23.0 Å². The quantitative estimate of drug-likeness (QED) is 0.442. The van der Waals surface area contributed by atoms with Crippen LogP contribution in [0.5, 0.6) is 23.0 Å². The Labute approximate surface area is 180 Å². The van der Waals surface area contributed by atoms with Crippen LogP contribution in [0.1, 0.15) is 28.8 Å². The molecule has 162 valence electrons. The van der Waals surface area contributed by atoms with Crippen molar-refractivity contribution in [1.82, 2.24) is 9.47 Å². The Hall–Kier alpha value is -3.45. The first kappa shape index (κ1) is 20.8. The number of aromatic hydroxyl groups is 2. The highest BCUT2D eigenvalue weighted by Gasteiger charge is 2.31. The van der Waals surface area contributed by atoms with Crippen LogP contribution in [0.25, 0.3) is 17.0 Å². The maximum Gasteiger partial charge on any atom is 0.235 e. The van der Waals surface area contributed by atoms with Crippen molar-refractivity contribution in [2.45, 2.75) is 19.4 Å². The highest BCUT2D eigenvalue weighted by atomic mass is 16.5. The zero-order chi connectivity index (χ0) is 22.1. The number of rotatable bonds is 7. The Morgan fingerprint density at radius 2 is 1.97 bits per heavy atom. The molecule has 2 aromatic carbocycles. The average molecular weight is 422 g/mol. The van der Waals surface area contributed by atoms with Crippen molar-refractivity contribution in [2.24, 2.45) is 0 Å². The summed E-state index contributed by atoms with van der Waals surface area (Å²) in [6.45, 7) is 1.88. The number of nitrogens with zero attached hydrogens (tertiary/aromatic N) is 2. The van der Waals surface area contributed by atoms with E-state index >= 15 is 0 Å². The van der Waals surface area contributed by atoms with Crippen molar-refractivity contribution in [3.63, 3.8) is 0 Å². The molecule has 1 aliphatic heterocycles. The lowest BCUT2D eigenvalue weighted by Gasteiger charge is -2.10. The zero-order valence-corrected chi connectivity index (χ0v) is 17.9. The van der Waals surface area contributed by atoms with Gasteiger partial charge in [-0.15, -0.1) is 0 Å². The fourth-order valence-corrected chi connectivity index (χ4v) is 3.86. The first-order valence-corrected chi connectivity index (χ1v) is 10.2. The van der Waals surface area contributed by atoms with E-state index < -0.39 is 5.78 Å². The van der Waals surface area contributed by atoms with Gasteiger partial charge < -0.3 is 29.2 Å². The zero-order valence-electron chi connectivity index (χ0n) is 17.9. The number of aryl methyl sites for hydroxylation is 1. The lowest BCUT2D eigenvalue weighted by molar-refractivity contribution is 0.101. The maximum atomic E-state index is 12.8. The summed E-state index contributed by atoms with van der Waals surface area (Å²) in [4.78, 5) is 15.0. The number of unbranched alkanes of at least 4 members (excludes halogenated alkanes) is 1. The number of benzene rings is 2. The largest absolute Gasteiger partial charge is 0.508 e. The van der Waals surface area contributed by atoms with E-state index in [1.54, 1.807) is 13.2 Å². The maximum absolute atomic E-state index is 12.8. The molecule has 0 aliphatic carbocycles. The molecule has 0 saturated heterocycles. The number of hydrogen-bond acceptors (Lipinski definition) is 6. The van der Waals surface area contributed by atoms with E-state index in [4.69, 9.17) is 9.47 Å². The Balaban J connectivity index is 1.70. The Morgan fingerprint density at radius 1 is 1.16 bits per heavy atom. The van der Waals surface area contributed by atoms with E-state index in [1.807, 2.05) is 24.4 Å². The second-order valence-electron chi connectivity index (χ2n) is 7.95. The van der Waals surface area contributed by atoms with Gasteiger partial charge in [0.05, 0.1) is 7.11 Å². The van der Waals surface area contributed by atoms with Gasteiger partial charge in [0.15, 0.2) is 5.76 Å². The van der Waals surface area contributed by atoms with E-state index in [0.717, 1.165) is 54.2 Å². The molecular weight excluding hydrogens is 396 g/mol. The summed E-state index contributed by atoms with van der Waals surface area (Å²) in [6.07, 6.45) is 5.79. The molecule has 2 N–H and O–H groups in total. The molecule has 0 atom stereocenters. The van der Waals surface area contributed by atoms with Gasteiger partial charge in [-0.1, -0.05) is 0 Å². The van der Waals surface area contributed by atoms with E-state index in [0.29, 0.717) is 0 Å². The summed E-state index contributed by atoms with van der Waals surface area (Å²) in [6, 6.07) is 8.33. The number of hydrogen-bond donors (Lipinski definition) is 2. The second kappa shape index (κ2) is 8.35. The van der Waals surface area contributed by atoms with Crippen LogP contribution in [0.3, 0.4) is 0 Å². The molecule has 0 fully saturated rings. The van der Waals surface area contributed by atoms with Crippen LogP contribution < -0.4 is 9.47 Å². The molecule has 1 aliphatic rings. The Kier molecular flexibility index (Phi) is 5.61. The summed E-state index contributed by atoms with van der Waals surface area (Å²) in [5.74, 6) is 0.103. The number of phenols is 2. The van der Waals surface area contributed by atoms with Crippen molar-refractivity contribution < 1.29 is 24.5 Å². The first-order valence-electron chi connectivity index (χ1n) is 10.2. The number of fused-ring (bicyclic) bond motifs is 2. The number of ether oxygens (including phenoxy) is 2. The van der Waals surface area contributed by atoms with Crippen LogP contribution in [-0.4, -0.2) is 53.2 Å². The Morgan fingerprint density at radius 3 is 2.71 bits per heavy atom. The number of phenolic OH excluding ortho intramolecular Hbond substituents is 2. The van der Waals surface area contributed by atoms with Gasteiger partial charge in [0.2, 0.25) is 5.78 Å². The molecule has 4 rings (SSSR count). The smallest absolute Gasteiger partial charge is 0.235 e. The Bertz CT molecular complexity index is 1180. The standard InChI is InChI=1S/C24H26N2O5/c1-25(2)8-4-5-9-26-14-15(18-13-17(30-3)6-7-19(18)26)10-22-24(29)23-20(28)11-16(27)12-21(23)31-22/h6-7,10-14,27-28H,4-5,8-9H2,1-3H3. The molecule has 0 spiro atoms. The molecule has 0 saturated carbocycles. The molecule has 0 unspecified atom stereocenters. The third-order valence-corrected chi connectivity index (χ3v) is 5.40. The fourth-order valence-electron chi connectivity index (χ4n) is 3.86. The molecule has 2 heterocycles. The van der Waals surface area contributed by atoms with Gasteiger partial charge in [0, 0.05) is 41.3 Å². The van der Waals surface area contributed by atoms with Crippen LogP contribution >= 0.6 is 0 Å². The van der Waals surface area contributed by atoms with Gasteiger partial charge in [-0.2, -0.15) is 0 Å². The number of carbonyl (C=O) groups is 1. The first-order chi connectivity index (χ1) is 14.9. The number of Topliss-reactive ketones (excluding diaryl/α,β-unsaturated/α-hetero) is 1. The lowest BCUT2D eigenvalue weighted by Crippen LogP contribution is -2.13. The van der Waals surface area contributed by atoms with Gasteiger partial charge in [0.25, 0.3) is 0 Å². The van der Waals surface area contributed by atoms with Crippen molar-refractivity contribution in [2.75, 3.05) is 27.7 Å². The molecule has 3 aromatic rings. The number of methoxy groups -OCH3 is 1. The molecular formula is C24H26N2O5. The minimum absolute atomic E-state index is 0.0639. The van der Waals surface area contributed by atoms with Crippen molar-refractivity contribution in [1.29, 1.82) is 0 Å². The monoisotopic (exact) mass is 422 g/mol. The van der Waals surface area contributed by atoms with E-state index in [1.165, 1.54) is 6.07 Å². The minimum Gasteiger partial charge on any atom is -0.508 e. The summed E-state index contributed by atoms with van der Waals surface area (Å²) < 4.78 is 13.2. The topological polar surface area (TPSA) is 84.2 Å². The molecule has 0 bridgehead atoms. The normalized spacial score (nSPS) is 14.5. The van der Waals surface area contributed by atoms with Gasteiger partial charge in [-0.05, 0) is 57.8 Å². The third kappa shape index (κ3) is 4.09. The molecule has 31 heavy (non-hydrogen) atoms. The highest BCUT2D eigenvalue weighted by Crippen LogP contribution is 2.41. The fraction of sp³-hybridized carbons (Fsp3) is 0.292. The van der Waals surface area contributed by atoms with Crippen molar-refractivity contribution >= 4 is 22.8 Å². The predicted molar refractivity (Wildman–Crippen MR) is 119 cm³/mol. The van der Waals surface area contributed by atoms with Crippen LogP contribution in [-0.2, 0) is 6.54 Å². The second-order valence-corrected chi connectivity index (χ2v) is 7.95. The summed E-state index contributed by atoms with van der Waals surface area (Å²) in [5, 5.41) is 20.7. The van der Waals surface area contributed by atoms with E-state index in [-0.39, 0.29) is 28.6 Å². The van der Waals surface area contributed by atoms with Gasteiger partial charge in [-0.25, -0.2) is 0 Å². The summed E-state index contributed by atoms with van der Waals surface area (Å²) >= 11 is 0. The van der Waals surface area contributed by atoms with Gasteiger partial charge in [-0.3, -0.25) is 4.79 Å². The SMILES string of the molecule is COc1ccc2c(c1)c(C=C1Oc3cc(O)cc(O)c3C1=O)cn2CCCCN(C)C. The molecule has 0 amide bonds. The van der Waals surface area contributed by atoms with Crippen molar-refractivity contribution in [3.05, 3.63) is 53.4 Å². The van der Waals surface area contributed by atoms with Crippen LogP contribution in [0, 0.1) is 0 Å². The number of allylic oxidation sites excluding steroid dienone is 1. The number of carbonyl (C=O) groups excluding carboxylic acids is 1. The summed E-state index contributed by atoms with van der Waals surface area (Å²) in [5.41, 5.74) is 1.93.